The predicted molar refractivity (Wildman–Crippen MR) is 176 cm³/mol. The van der Waals surface area contributed by atoms with Crippen molar-refractivity contribution in [2.45, 2.75) is 58.7 Å². The highest BCUT2D eigenvalue weighted by Gasteiger charge is 2.35. The molecule has 0 aliphatic carbocycles. The molecule has 0 aliphatic heterocycles. The molecule has 49 heavy (non-hydrogen) atoms. The molecule has 12 nitrogen and oxygen atoms in total. The van der Waals surface area contributed by atoms with Gasteiger partial charge in [-0.1, -0.05) is 54.6 Å². The first-order valence-electron chi connectivity index (χ1n) is 15.4. The van der Waals surface area contributed by atoms with Crippen molar-refractivity contribution in [1.29, 1.82) is 0 Å². The summed E-state index contributed by atoms with van der Waals surface area (Å²) in [6.45, 7) is 3.81. The molecule has 0 spiro atoms. The number of aliphatic hydroxyl groups excluding tert-OH is 2. The lowest BCUT2D eigenvalue weighted by Crippen LogP contribution is -2.20. The Balaban J connectivity index is 2.10. The van der Waals surface area contributed by atoms with Gasteiger partial charge in [0.15, 0.2) is 23.0 Å². The van der Waals surface area contributed by atoms with E-state index < -0.39 is 71.9 Å². The van der Waals surface area contributed by atoms with E-state index in [1.54, 1.807) is 0 Å². The van der Waals surface area contributed by atoms with E-state index in [9.17, 15) is 39.6 Å². The van der Waals surface area contributed by atoms with Crippen LogP contribution in [0.4, 0.5) is 0 Å². The van der Waals surface area contributed by atoms with Crippen molar-refractivity contribution in [2.24, 2.45) is 0 Å². The fourth-order valence-corrected chi connectivity index (χ4v) is 4.82. The van der Waals surface area contributed by atoms with E-state index in [4.69, 9.17) is 18.9 Å². The molecular formula is C37H36O12. The molecule has 256 valence electrons. The van der Waals surface area contributed by atoms with E-state index in [1.165, 1.54) is 62.4 Å². The number of phenolic OH excluding ortho intramolecular Hbond substituents is 2. The lowest BCUT2D eigenvalue weighted by molar-refractivity contribution is -0.139. The van der Waals surface area contributed by atoms with Gasteiger partial charge in [-0.15, -0.1) is 0 Å². The van der Waals surface area contributed by atoms with Gasteiger partial charge in [-0.05, 0) is 61.2 Å². The van der Waals surface area contributed by atoms with Gasteiger partial charge in [0, 0.05) is 13.3 Å². The number of carbonyl (C=O) groups is 4. The summed E-state index contributed by atoms with van der Waals surface area (Å²) < 4.78 is 23.2. The van der Waals surface area contributed by atoms with Crippen LogP contribution < -0.4 is 18.9 Å². The first kappa shape index (κ1) is 36.1. The maximum absolute atomic E-state index is 13.5. The molecule has 2 atom stereocenters. The number of ether oxygens (including phenoxy) is 4. The highest BCUT2D eigenvalue weighted by molar-refractivity contribution is 5.98. The largest absolute Gasteiger partial charge is 0.508 e. The molecule has 12 heteroatoms. The van der Waals surface area contributed by atoms with E-state index in [0.717, 1.165) is 12.5 Å². The van der Waals surface area contributed by atoms with Gasteiger partial charge in [-0.25, -0.2) is 0 Å². The van der Waals surface area contributed by atoms with Crippen LogP contribution in [-0.2, 0) is 25.6 Å². The van der Waals surface area contributed by atoms with Crippen molar-refractivity contribution in [1.82, 2.24) is 0 Å². The second-order valence-corrected chi connectivity index (χ2v) is 11.3. The Bertz CT molecular complexity index is 1790. The molecule has 4 rings (SSSR count). The summed E-state index contributed by atoms with van der Waals surface area (Å²) >= 11 is 0. The van der Waals surface area contributed by atoms with Crippen LogP contribution >= 0.6 is 0 Å². The zero-order valence-corrected chi connectivity index (χ0v) is 27.0. The Hall–Kier alpha value is -5.72. The minimum atomic E-state index is -1.14. The summed E-state index contributed by atoms with van der Waals surface area (Å²) in [6.07, 6.45) is -3.12. The smallest absolute Gasteiger partial charge is 0.313 e. The quantitative estimate of drug-likeness (QED) is 0.107. The Labute approximate surface area is 282 Å². The normalized spacial score (nSPS) is 12.0. The molecule has 0 saturated carbocycles. The van der Waals surface area contributed by atoms with Crippen LogP contribution in [-0.4, -0.2) is 56.5 Å². The molecule has 4 aromatic rings. The second kappa shape index (κ2) is 16.4. The number of aromatic hydroxyl groups is 2. The van der Waals surface area contributed by atoms with Gasteiger partial charge in [0.05, 0.1) is 36.2 Å². The van der Waals surface area contributed by atoms with Gasteiger partial charge >= 0.3 is 23.9 Å². The average molecular weight is 673 g/mol. The third-order valence-corrected chi connectivity index (χ3v) is 6.91. The molecule has 0 saturated heterocycles. The summed E-state index contributed by atoms with van der Waals surface area (Å²) in [4.78, 5) is 52.5. The summed E-state index contributed by atoms with van der Waals surface area (Å²) in [5, 5.41) is 40.0. The minimum Gasteiger partial charge on any atom is -0.508 e. The number of esters is 4. The molecule has 0 aromatic heterocycles. The second-order valence-electron chi connectivity index (χ2n) is 11.3. The first-order valence-corrected chi connectivity index (χ1v) is 15.4. The third-order valence-electron chi connectivity index (χ3n) is 6.91. The Morgan fingerprint density at radius 3 is 1.35 bits per heavy atom. The number of hydrogen-bond donors (Lipinski definition) is 4. The summed E-state index contributed by atoms with van der Waals surface area (Å²) in [6, 6.07) is 19.9. The highest BCUT2D eigenvalue weighted by Crippen LogP contribution is 2.57. The van der Waals surface area contributed by atoms with Crippen molar-refractivity contribution in [3.05, 3.63) is 84.4 Å². The molecular weight excluding hydrogens is 636 g/mol. The van der Waals surface area contributed by atoms with Crippen LogP contribution in [0.3, 0.4) is 0 Å². The maximum Gasteiger partial charge on any atom is 0.313 e. The van der Waals surface area contributed by atoms with Gasteiger partial charge < -0.3 is 39.4 Å². The highest BCUT2D eigenvalue weighted by atomic mass is 16.6. The van der Waals surface area contributed by atoms with E-state index in [0.29, 0.717) is 0 Å². The number of hydrogen-bond acceptors (Lipinski definition) is 12. The molecule has 0 heterocycles. The van der Waals surface area contributed by atoms with Gasteiger partial charge in [0.2, 0.25) is 0 Å². The number of aryl methyl sites for hydroxylation is 1. The van der Waals surface area contributed by atoms with Crippen LogP contribution in [0.25, 0.3) is 22.3 Å². The summed E-state index contributed by atoms with van der Waals surface area (Å²) in [5.74, 6) is -5.56. The number of aliphatic hydroxyl groups is 2. The minimum absolute atomic E-state index is 0.130. The van der Waals surface area contributed by atoms with Crippen LogP contribution in [0.1, 0.15) is 45.6 Å². The zero-order chi connectivity index (χ0) is 35.7. The van der Waals surface area contributed by atoms with Gasteiger partial charge in [0.25, 0.3) is 0 Å². The summed E-state index contributed by atoms with van der Waals surface area (Å²) in [5.41, 5.74) is 0.826. The lowest BCUT2D eigenvalue weighted by Gasteiger charge is -2.25. The number of carbonyl (C=O) groups excluding carboxylic acids is 4. The van der Waals surface area contributed by atoms with Crippen molar-refractivity contribution in [3.8, 4) is 56.8 Å². The van der Waals surface area contributed by atoms with Crippen LogP contribution in [0.15, 0.2) is 78.9 Å². The van der Waals surface area contributed by atoms with E-state index in [1.807, 2.05) is 30.3 Å². The fourth-order valence-electron chi connectivity index (χ4n) is 4.82. The Morgan fingerprint density at radius 1 is 0.571 bits per heavy atom. The molecule has 4 aromatic carbocycles. The fraction of sp³-hybridized carbons (Fsp3) is 0.243. The monoisotopic (exact) mass is 672 g/mol. The van der Waals surface area contributed by atoms with Crippen LogP contribution in [0.5, 0.6) is 34.5 Å². The number of rotatable bonds is 13. The van der Waals surface area contributed by atoms with Crippen LogP contribution in [0.2, 0.25) is 0 Å². The van der Waals surface area contributed by atoms with Crippen molar-refractivity contribution in [3.63, 3.8) is 0 Å². The summed E-state index contributed by atoms with van der Waals surface area (Å²) in [7, 11) is 0. The maximum atomic E-state index is 13.5. The lowest BCUT2D eigenvalue weighted by atomic mass is 9.94. The van der Waals surface area contributed by atoms with Crippen molar-refractivity contribution >= 4 is 23.9 Å². The molecule has 0 amide bonds. The van der Waals surface area contributed by atoms with Gasteiger partial charge in [0.1, 0.15) is 11.5 Å². The number of benzene rings is 4. The SMILES string of the molecule is CC(=O)Oc1c(OC(=O)CCc2ccccc2)c(-c2ccc(O)cc2)c(OC(=O)C[C@H](C)O)c(OC(=O)C[C@H](C)O)c1-c1ccc(O)cc1. The van der Waals surface area contributed by atoms with Gasteiger partial charge in [-0.3, -0.25) is 19.2 Å². The molecule has 4 N–H and O–H groups in total. The molecule has 0 radical (unpaired) electrons. The zero-order valence-electron chi connectivity index (χ0n) is 27.0. The van der Waals surface area contributed by atoms with Crippen molar-refractivity contribution < 1.29 is 58.6 Å². The molecule has 0 fully saturated rings. The Morgan fingerprint density at radius 2 is 0.959 bits per heavy atom. The van der Waals surface area contributed by atoms with E-state index >= 15 is 0 Å². The van der Waals surface area contributed by atoms with Crippen LogP contribution in [0, 0.1) is 0 Å². The first-order chi connectivity index (χ1) is 23.3. The standard InChI is InChI=1S/C37H36O12/c1-21(38)19-30(44)48-36-32(25-10-14-27(41)15-11-25)34(46-23(3)40)35(47-29(43)18-9-24-7-5-4-6-8-24)33(26-12-16-28(42)17-13-26)37(36)49-31(45)20-22(2)39/h4-8,10-17,21-22,38-39,41-42H,9,18-20H2,1-3H3/t21-,22-/m0/s1. The Kier molecular flexibility index (Phi) is 12.1. The predicted octanol–water partition coefficient (Wildman–Crippen LogP) is 5.25. The van der Waals surface area contributed by atoms with Gasteiger partial charge in [-0.2, -0.15) is 0 Å². The van der Waals surface area contributed by atoms with E-state index in [-0.39, 0.29) is 46.6 Å². The average Bonchev–Trinajstić information content (AvgIpc) is 3.03. The molecule has 0 bridgehead atoms. The topological polar surface area (TPSA) is 186 Å². The molecule has 0 aliphatic rings. The van der Waals surface area contributed by atoms with Crippen molar-refractivity contribution in [2.75, 3.05) is 0 Å². The molecule has 0 unspecified atom stereocenters. The third kappa shape index (κ3) is 9.89. The van der Waals surface area contributed by atoms with E-state index in [2.05, 4.69) is 0 Å². The number of phenols is 2.